The first-order valence-corrected chi connectivity index (χ1v) is 6.19. The van der Waals surface area contributed by atoms with Gasteiger partial charge in [-0.3, -0.25) is 0 Å². The van der Waals surface area contributed by atoms with Crippen molar-refractivity contribution in [3.8, 4) is 5.75 Å². The van der Waals surface area contributed by atoms with E-state index in [1.54, 1.807) is 51.1 Å². The molecule has 0 saturated heterocycles. The van der Waals surface area contributed by atoms with Crippen molar-refractivity contribution < 1.29 is 24.2 Å². The van der Waals surface area contributed by atoms with Crippen molar-refractivity contribution in [2.75, 3.05) is 6.61 Å². The van der Waals surface area contributed by atoms with Gasteiger partial charge in [0, 0.05) is 0 Å². The van der Waals surface area contributed by atoms with E-state index in [-0.39, 0.29) is 0 Å². The summed E-state index contributed by atoms with van der Waals surface area (Å²) < 4.78 is 10.0. The largest absolute Gasteiger partial charge is 0.444 e. The van der Waals surface area contributed by atoms with Crippen LogP contribution in [-0.2, 0) is 9.53 Å². The van der Waals surface area contributed by atoms with Gasteiger partial charge in [0.1, 0.15) is 11.4 Å². The molecule has 0 aliphatic heterocycles. The second-order valence-corrected chi connectivity index (χ2v) is 5.12. The van der Waals surface area contributed by atoms with Crippen molar-refractivity contribution in [1.82, 2.24) is 5.32 Å². The van der Waals surface area contributed by atoms with Crippen molar-refractivity contribution in [3.05, 3.63) is 30.3 Å². The number of nitrogens with one attached hydrogen (secondary N) is 1. The molecule has 0 aromatic heterocycles. The van der Waals surface area contributed by atoms with E-state index >= 15 is 0 Å². The maximum Gasteiger partial charge on any atom is 0.408 e. The number of aliphatic hydroxyl groups is 1. The number of carbonyl (C=O) groups excluding carboxylic acids is 2. The number of hydrogen-bond donors (Lipinski definition) is 2. The quantitative estimate of drug-likeness (QED) is 0.645. The van der Waals surface area contributed by atoms with Crippen LogP contribution >= 0.6 is 0 Å². The standard InChI is InChI=1S/C14H19NO5/c1-14(2,3)20-13(18)15-11(9-16)12(17)19-10-7-5-4-6-8-10/h4-8,11,16H,9H2,1-3H3,(H,15,18)/t11-/m0/s1. The molecule has 1 aromatic carbocycles. The van der Waals surface area contributed by atoms with E-state index < -0.39 is 30.3 Å². The lowest BCUT2D eigenvalue weighted by molar-refractivity contribution is -0.137. The number of hydrogen-bond acceptors (Lipinski definition) is 5. The zero-order valence-corrected chi connectivity index (χ0v) is 11.8. The van der Waals surface area contributed by atoms with Crippen molar-refractivity contribution in [3.63, 3.8) is 0 Å². The van der Waals surface area contributed by atoms with Gasteiger partial charge >= 0.3 is 12.1 Å². The number of esters is 1. The lowest BCUT2D eigenvalue weighted by atomic mass is 10.2. The summed E-state index contributed by atoms with van der Waals surface area (Å²) in [6, 6.07) is 7.21. The lowest BCUT2D eigenvalue weighted by Gasteiger charge is -2.22. The van der Waals surface area contributed by atoms with Crippen LogP contribution < -0.4 is 10.1 Å². The Kier molecular flexibility index (Phi) is 5.52. The Labute approximate surface area is 117 Å². The van der Waals surface area contributed by atoms with E-state index in [0.29, 0.717) is 5.75 Å². The van der Waals surface area contributed by atoms with Gasteiger partial charge in [0.2, 0.25) is 0 Å². The van der Waals surface area contributed by atoms with Gasteiger partial charge in [0.05, 0.1) is 6.61 Å². The average molecular weight is 281 g/mol. The fourth-order valence-corrected chi connectivity index (χ4v) is 1.30. The molecule has 0 bridgehead atoms. The number of alkyl carbamates (subject to hydrolysis) is 1. The number of para-hydroxylation sites is 1. The van der Waals surface area contributed by atoms with E-state index in [4.69, 9.17) is 14.6 Å². The number of carbonyl (C=O) groups is 2. The van der Waals surface area contributed by atoms with Crippen molar-refractivity contribution in [2.24, 2.45) is 0 Å². The van der Waals surface area contributed by atoms with Crippen LogP contribution in [0, 0.1) is 0 Å². The molecule has 0 spiro atoms. The highest BCUT2D eigenvalue weighted by atomic mass is 16.6. The van der Waals surface area contributed by atoms with Gasteiger partial charge in [-0.1, -0.05) is 18.2 Å². The molecule has 6 heteroatoms. The second-order valence-electron chi connectivity index (χ2n) is 5.12. The average Bonchev–Trinajstić information content (AvgIpc) is 2.35. The van der Waals surface area contributed by atoms with E-state index in [2.05, 4.69) is 5.32 Å². The minimum absolute atomic E-state index is 0.335. The Morgan fingerprint density at radius 2 is 1.85 bits per heavy atom. The molecule has 1 atom stereocenters. The van der Waals surface area contributed by atoms with Crippen molar-refractivity contribution >= 4 is 12.1 Å². The number of amides is 1. The van der Waals surface area contributed by atoms with Gasteiger partial charge in [-0.05, 0) is 32.9 Å². The van der Waals surface area contributed by atoms with Crippen molar-refractivity contribution in [2.45, 2.75) is 32.4 Å². The predicted octanol–water partition coefficient (Wildman–Crippen LogP) is 1.48. The van der Waals surface area contributed by atoms with Gasteiger partial charge in [-0.2, -0.15) is 0 Å². The maximum atomic E-state index is 11.8. The molecule has 1 aromatic rings. The van der Waals surface area contributed by atoms with E-state index in [9.17, 15) is 9.59 Å². The van der Waals surface area contributed by atoms with E-state index in [1.165, 1.54) is 0 Å². The minimum Gasteiger partial charge on any atom is -0.444 e. The normalized spacial score (nSPS) is 12.4. The van der Waals surface area contributed by atoms with Crippen LogP contribution in [0.25, 0.3) is 0 Å². The van der Waals surface area contributed by atoms with E-state index in [0.717, 1.165) is 0 Å². The number of aliphatic hydroxyl groups excluding tert-OH is 1. The summed E-state index contributed by atoms with van der Waals surface area (Å²) in [5.74, 6) is -0.425. The molecule has 0 heterocycles. The molecule has 0 aliphatic carbocycles. The van der Waals surface area contributed by atoms with E-state index in [1.807, 2.05) is 0 Å². The molecular weight excluding hydrogens is 262 g/mol. The van der Waals surface area contributed by atoms with Crippen LogP contribution in [0.3, 0.4) is 0 Å². The fraction of sp³-hybridized carbons (Fsp3) is 0.429. The van der Waals surface area contributed by atoms with Gasteiger partial charge in [-0.15, -0.1) is 0 Å². The third-order valence-electron chi connectivity index (χ3n) is 2.12. The maximum absolute atomic E-state index is 11.8. The Balaban J connectivity index is 2.57. The van der Waals surface area contributed by atoms with Gasteiger partial charge < -0.3 is 19.9 Å². The SMILES string of the molecule is CC(C)(C)OC(=O)N[C@@H](CO)C(=O)Oc1ccccc1. The topological polar surface area (TPSA) is 84.9 Å². The number of benzene rings is 1. The molecule has 0 saturated carbocycles. The smallest absolute Gasteiger partial charge is 0.408 e. The molecule has 0 unspecified atom stereocenters. The van der Waals surface area contributed by atoms with Crippen LogP contribution in [0.4, 0.5) is 4.79 Å². The summed E-state index contributed by atoms with van der Waals surface area (Å²) >= 11 is 0. The second kappa shape index (κ2) is 6.91. The van der Waals surface area contributed by atoms with Crippen LogP contribution in [0.1, 0.15) is 20.8 Å². The highest BCUT2D eigenvalue weighted by molar-refractivity contribution is 5.83. The summed E-state index contributed by atoms with van der Waals surface area (Å²) in [7, 11) is 0. The highest BCUT2D eigenvalue weighted by Gasteiger charge is 2.25. The Bertz CT molecular complexity index is 452. The molecule has 2 N–H and O–H groups in total. The third-order valence-corrected chi connectivity index (χ3v) is 2.12. The predicted molar refractivity (Wildman–Crippen MR) is 72.3 cm³/mol. The molecule has 0 radical (unpaired) electrons. The van der Waals surface area contributed by atoms with Crippen LogP contribution in [0.15, 0.2) is 30.3 Å². The first-order chi connectivity index (χ1) is 9.31. The van der Waals surface area contributed by atoms with Crippen LogP contribution in [-0.4, -0.2) is 35.4 Å². The molecule has 110 valence electrons. The van der Waals surface area contributed by atoms with Crippen LogP contribution in [0.2, 0.25) is 0 Å². The lowest BCUT2D eigenvalue weighted by Crippen LogP contribution is -2.47. The molecule has 1 rings (SSSR count). The summed E-state index contributed by atoms with van der Waals surface area (Å²) in [6.07, 6.45) is -0.790. The first kappa shape index (κ1) is 16.0. The highest BCUT2D eigenvalue weighted by Crippen LogP contribution is 2.10. The van der Waals surface area contributed by atoms with Crippen molar-refractivity contribution in [1.29, 1.82) is 0 Å². The summed E-state index contributed by atoms with van der Waals surface area (Å²) in [5, 5.41) is 11.4. The Hall–Kier alpha value is -2.08. The zero-order chi connectivity index (χ0) is 15.2. The van der Waals surface area contributed by atoms with Gasteiger partial charge in [0.25, 0.3) is 0 Å². The van der Waals surface area contributed by atoms with Gasteiger partial charge in [-0.25, -0.2) is 9.59 Å². The summed E-state index contributed by atoms with van der Waals surface area (Å²) in [5.41, 5.74) is -0.687. The van der Waals surface area contributed by atoms with Crippen LogP contribution in [0.5, 0.6) is 5.75 Å². The van der Waals surface area contributed by atoms with Gasteiger partial charge in [0.15, 0.2) is 6.04 Å². The molecule has 20 heavy (non-hydrogen) atoms. The fourth-order valence-electron chi connectivity index (χ4n) is 1.30. The number of ether oxygens (including phenoxy) is 2. The molecule has 0 fully saturated rings. The third kappa shape index (κ3) is 5.71. The molecular formula is C14H19NO5. The number of rotatable bonds is 4. The molecule has 6 nitrogen and oxygen atoms in total. The minimum atomic E-state index is -1.18. The Morgan fingerprint density at radius 3 is 2.35 bits per heavy atom. The monoisotopic (exact) mass is 281 g/mol. The Morgan fingerprint density at radius 1 is 1.25 bits per heavy atom. The zero-order valence-electron chi connectivity index (χ0n) is 11.8. The molecule has 0 aliphatic rings. The molecule has 1 amide bonds. The summed E-state index contributed by atoms with van der Waals surface area (Å²) in [4.78, 5) is 23.3. The first-order valence-electron chi connectivity index (χ1n) is 6.19. The summed E-state index contributed by atoms with van der Waals surface area (Å²) in [6.45, 7) is 4.51.